The minimum atomic E-state index is -0.153. The molecule has 1 aromatic carbocycles. The van der Waals surface area contributed by atoms with E-state index in [2.05, 4.69) is 18.7 Å². The predicted molar refractivity (Wildman–Crippen MR) is 59.2 cm³/mol. The molecule has 0 fully saturated rings. The van der Waals surface area contributed by atoms with Crippen molar-refractivity contribution in [1.29, 1.82) is 0 Å². The topological polar surface area (TPSA) is 3.24 Å². The Balaban J connectivity index is 2.75. The van der Waals surface area contributed by atoms with E-state index in [0.29, 0.717) is 0 Å². The van der Waals surface area contributed by atoms with Crippen molar-refractivity contribution in [3.63, 3.8) is 0 Å². The van der Waals surface area contributed by atoms with E-state index in [4.69, 9.17) is 0 Å². The van der Waals surface area contributed by atoms with Gasteiger partial charge in [-0.1, -0.05) is 19.9 Å². The van der Waals surface area contributed by atoms with Crippen molar-refractivity contribution in [2.24, 2.45) is 0 Å². The molecule has 0 spiro atoms. The number of nitrogens with zero attached hydrogens (tertiary/aromatic N) is 1. The number of rotatable bonds is 5. The van der Waals surface area contributed by atoms with E-state index >= 15 is 0 Å². The molecule has 0 atom stereocenters. The maximum atomic E-state index is 13.0. The number of hydrogen-bond acceptors (Lipinski definition) is 1. The molecule has 0 bridgehead atoms. The minimum absolute atomic E-state index is 0.153. The molecule has 0 amide bonds. The van der Waals surface area contributed by atoms with Crippen molar-refractivity contribution in [2.75, 3.05) is 18.0 Å². The summed E-state index contributed by atoms with van der Waals surface area (Å²) in [4.78, 5) is 2.23. The summed E-state index contributed by atoms with van der Waals surface area (Å²) >= 11 is 0. The monoisotopic (exact) mass is 195 g/mol. The van der Waals surface area contributed by atoms with Crippen molar-refractivity contribution in [1.82, 2.24) is 0 Å². The standard InChI is InChI=1S/C12H18FN/c1-3-8-14(9-4-2)12-7-5-6-11(13)10-12/h5-7,10H,3-4,8-9H2,1-2H3. The number of halogens is 1. The van der Waals surface area contributed by atoms with Gasteiger partial charge in [-0.2, -0.15) is 0 Å². The Labute approximate surface area is 85.5 Å². The average Bonchev–Trinajstić information content (AvgIpc) is 2.17. The second-order valence-electron chi connectivity index (χ2n) is 3.47. The second-order valence-corrected chi connectivity index (χ2v) is 3.47. The van der Waals surface area contributed by atoms with E-state index in [-0.39, 0.29) is 5.82 Å². The predicted octanol–water partition coefficient (Wildman–Crippen LogP) is 3.45. The number of hydrogen-bond donors (Lipinski definition) is 0. The summed E-state index contributed by atoms with van der Waals surface area (Å²) in [6.07, 6.45) is 2.19. The third-order valence-electron chi connectivity index (χ3n) is 2.16. The van der Waals surface area contributed by atoms with Crippen molar-refractivity contribution >= 4 is 5.69 Å². The quantitative estimate of drug-likeness (QED) is 0.695. The third kappa shape index (κ3) is 3.02. The van der Waals surface area contributed by atoms with Crippen LogP contribution in [0.25, 0.3) is 0 Å². The molecule has 0 N–H and O–H groups in total. The van der Waals surface area contributed by atoms with Crippen molar-refractivity contribution in [3.05, 3.63) is 30.1 Å². The molecule has 0 saturated heterocycles. The Hall–Kier alpha value is -1.05. The van der Waals surface area contributed by atoms with Gasteiger partial charge >= 0.3 is 0 Å². The van der Waals surface area contributed by atoms with Crippen LogP contribution in [0.5, 0.6) is 0 Å². The summed E-state index contributed by atoms with van der Waals surface area (Å²) < 4.78 is 13.0. The fourth-order valence-corrected chi connectivity index (χ4v) is 1.58. The van der Waals surface area contributed by atoms with Crippen LogP contribution in [0.2, 0.25) is 0 Å². The number of anilines is 1. The zero-order valence-corrected chi connectivity index (χ0v) is 8.96. The first-order valence-electron chi connectivity index (χ1n) is 5.28. The van der Waals surface area contributed by atoms with Crippen molar-refractivity contribution in [2.45, 2.75) is 26.7 Å². The SMILES string of the molecule is CCCN(CCC)c1cccc(F)c1. The van der Waals surface area contributed by atoms with Gasteiger partial charge in [0.2, 0.25) is 0 Å². The second kappa shape index (κ2) is 5.63. The van der Waals surface area contributed by atoms with Gasteiger partial charge in [0.15, 0.2) is 0 Å². The summed E-state index contributed by atoms with van der Waals surface area (Å²) in [6, 6.07) is 6.82. The van der Waals surface area contributed by atoms with Gasteiger partial charge in [0.1, 0.15) is 5.82 Å². The number of benzene rings is 1. The van der Waals surface area contributed by atoms with Gasteiger partial charge < -0.3 is 4.90 Å². The van der Waals surface area contributed by atoms with Gasteiger partial charge in [0.05, 0.1) is 0 Å². The van der Waals surface area contributed by atoms with Crippen LogP contribution < -0.4 is 4.90 Å². The van der Waals surface area contributed by atoms with Gasteiger partial charge in [0.25, 0.3) is 0 Å². The van der Waals surface area contributed by atoms with E-state index in [1.54, 1.807) is 12.1 Å². The normalized spacial score (nSPS) is 10.2. The van der Waals surface area contributed by atoms with E-state index in [1.165, 1.54) is 6.07 Å². The zero-order chi connectivity index (χ0) is 10.4. The summed E-state index contributed by atoms with van der Waals surface area (Å²) in [7, 11) is 0. The van der Waals surface area contributed by atoms with Crippen molar-refractivity contribution in [3.8, 4) is 0 Å². The Morgan fingerprint density at radius 3 is 2.29 bits per heavy atom. The highest BCUT2D eigenvalue weighted by Gasteiger charge is 2.04. The lowest BCUT2D eigenvalue weighted by molar-refractivity contribution is 0.625. The van der Waals surface area contributed by atoms with Crippen LogP contribution in [0, 0.1) is 5.82 Å². The van der Waals surface area contributed by atoms with Crippen LogP contribution in [0.15, 0.2) is 24.3 Å². The summed E-state index contributed by atoms with van der Waals surface area (Å²) in [5.74, 6) is -0.153. The molecule has 0 unspecified atom stereocenters. The van der Waals surface area contributed by atoms with Crippen LogP contribution in [0.1, 0.15) is 26.7 Å². The van der Waals surface area contributed by atoms with Gasteiger partial charge in [0, 0.05) is 18.8 Å². The molecule has 0 aliphatic rings. The molecule has 2 heteroatoms. The lowest BCUT2D eigenvalue weighted by atomic mass is 10.2. The Morgan fingerprint density at radius 1 is 1.14 bits per heavy atom. The smallest absolute Gasteiger partial charge is 0.125 e. The highest BCUT2D eigenvalue weighted by atomic mass is 19.1. The van der Waals surface area contributed by atoms with Crippen LogP contribution >= 0.6 is 0 Å². The molecule has 0 aliphatic heterocycles. The molecule has 0 saturated carbocycles. The maximum Gasteiger partial charge on any atom is 0.125 e. The first-order chi connectivity index (χ1) is 6.77. The fourth-order valence-electron chi connectivity index (χ4n) is 1.58. The Morgan fingerprint density at radius 2 is 1.79 bits per heavy atom. The van der Waals surface area contributed by atoms with Gasteiger partial charge in [-0.15, -0.1) is 0 Å². The Kier molecular flexibility index (Phi) is 4.44. The van der Waals surface area contributed by atoms with Crippen molar-refractivity contribution < 1.29 is 4.39 Å². The first kappa shape index (κ1) is 11.0. The van der Waals surface area contributed by atoms with E-state index in [9.17, 15) is 4.39 Å². The molecule has 1 nitrogen and oxygen atoms in total. The van der Waals surface area contributed by atoms with Crippen LogP contribution in [-0.4, -0.2) is 13.1 Å². The van der Waals surface area contributed by atoms with Gasteiger partial charge in [-0.25, -0.2) is 4.39 Å². The van der Waals surface area contributed by atoms with Crippen LogP contribution in [0.4, 0.5) is 10.1 Å². The summed E-state index contributed by atoms with van der Waals surface area (Å²) in [5.41, 5.74) is 0.994. The molecule has 0 aromatic heterocycles. The first-order valence-corrected chi connectivity index (χ1v) is 5.28. The lowest BCUT2D eigenvalue weighted by Gasteiger charge is -2.23. The largest absolute Gasteiger partial charge is 0.371 e. The highest BCUT2D eigenvalue weighted by Crippen LogP contribution is 2.15. The molecular formula is C12H18FN. The highest BCUT2D eigenvalue weighted by molar-refractivity contribution is 5.46. The Bertz CT molecular complexity index is 267. The molecule has 1 rings (SSSR count). The van der Waals surface area contributed by atoms with Gasteiger partial charge in [-0.3, -0.25) is 0 Å². The molecule has 1 aromatic rings. The molecular weight excluding hydrogens is 177 g/mol. The minimum Gasteiger partial charge on any atom is -0.371 e. The van der Waals surface area contributed by atoms with E-state index in [1.807, 2.05) is 6.07 Å². The molecule has 0 heterocycles. The fraction of sp³-hybridized carbons (Fsp3) is 0.500. The lowest BCUT2D eigenvalue weighted by Crippen LogP contribution is -2.24. The molecule has 0 aliphatic carbocycles. The molecule has 0 radical (unpaired) electrons. The van der Waals surface area contributed by atoms with E-state index < -0.39 is 0 Å². The maximum absolute atomic E-state index is 13.0. The summed E-state index contributed by atoms with van der Waals surface area (Å²) in [5, 5.41) is 0. The third-order valence-corrected chi connectivity index (χ3v) is 2.16. The van der Waals surface area contributed by atoms with Crippen LogP contribution in [0.3, 0.4) is 0 Å². The van der Waals surface area contributed by atoms with E-state index in [0.717, 1.165) is 31.6 Å². The zero-order valence-electron chi connectivity index (χ0n) is 8.96. The molecule has 78 valence electrons. The van der Waals surface area contributed by atoms with Gasteiger partial charge in [-0.05, 0) is 31.0 Å². The average molecular weight is 195 g/mol. The summed E-state index contributed by atoms with van der Waals surface area (Å²) in [6.45, 7) is 6.28. The molecule has 14 heavy (non-hydrogen) atoms. The van der Waals surface area contributed by atoms with Crippen LogP contribution in [-0.2, 0) is 0 Å².